The summed E-state index contributed by atoms with van der Waals surface area (Å²) in [6, 6.07) is 0. The summed E-state index contributed by atoms with van der Waals surface area (Å²) < 4.78 is 0. The van der Waals surface area contributed by atoms with Crippen molar-refractivity contribution in [2.75, 3.05) is 11.5 Å². The Balaban J connectivity index is 2.19. The zero-order valence-corrected chi connectivity index (χ0v) is 8.05. The summed E-state index contributed by atoms with van der Waals surface area (Å²) in [6.45, 7) is 0. The first-order valence-corrected chi connectivity index (χ1v) is 5.66. The molecule has 13 heavy (non-hydrogen) atoms. The Morgan fingerprint density at radius 1 is 1.31 bits per heavy atom. The molecule has 1 aliphatic carbocycles. The Kier molecular flexibility index (Phi) is 2.32. The topological polar surface area (TPSA) is 54.4 Å². The fourth-order valence-electron chi connectivity index (χ4n) is 2.41. The molecule has 1 saturated heterocycles. The minimum absolute atomic E-state index is 0.0995. The summed E-state index contributed by atoms with van der Waals surface area (Å²) in [5, 5.41) is 9.01. The third-order valence-corrected chi connectivity index (χ3v) is 4.27. The summed E-state index contributed by atoms with van der Waals surface area (Å²) in [6.07, 6.45) is 0.973. The number of aliphatic carboxylic acids is 1. The maximum Gasteiger partial charge on any atom is 0.307 e. The van der Waals surface area contributed by atoms with Gasteiger partial charge < -0.3 is 5.11 Å². The molecule has 0 aromatic heterocycles. The van der Waals surface area contributed by atoms with Gasteiger partial charge in [-0.1, -0.05) is 0 Å². The summed E-state index contributed by atoms with van der Waals surface area (Å²) in [5.41, 5.74) is 0. The van der Waals surface area contributed by atoms with Crippen LogP contribution in [0.5, 0.6) is 0 Å². The van der Waals surface area contributed by atoms with Crippen molar-refractivity contribution in [1.82, 2.24) is 0 Å². The van der Waals surface area contributed by atoms with Gasteiger partial charge in [0.05, 0.1) is 5.92 Å². The smallest absolute Gasteiger partial charge is 0.307 e. The maximum absolute atomic E-state index is 11.2. The molecule has 1 N–H and O–H groups in total. The molecule has 0 aromatic rings. The lowest BCUT2D eigenvalue weighted by Crippen LogP contribution is -2.43. The molecule has 3 nitrogen and oxygen atoms in total. The van der Waals surface area contributed by atoms with Crippen LogP contribution < -0.4 is 0 Å². The van der Waals surface area contributed by atoms with Gasteiger partial charge >= 0.3 is 5.97 Å². The van der Waals surface area contributed by atoms with Crippen molar-refractivity contribution < 1.29 is 14.7 Å². The number of rotatable bonds is 1. The number of ketones is 1. The van der Waals surface area contributed by atoms with E-state index in [2.05, 4.69) is 0 Å². The second kappa shape index (κ2) is 3.33. The van der Waals surface area contributed by atoms with E-state index >= 15 is 0 Å². The zero-order valence-electron chi connectivity index (χ0n) is 7.23. The molecule has 1 aliphatic heterocycles. The highest BCUT2D eigenvalue weighted by molar-refractivity contribution is 7.99. The van der Waals surface area contributed by atoms with Gasteiger partial charge in [0, 0.05) is 12.8 Å². The summed E-state index contributed by atoms with van der Waals surface area (Å²) in [7, 11) is 0. The quantitative estimate of drug-likeness (QED) is 0.687. The van der Waals surface area contributed by atoms with E-state index in [0.29, 0.717) is 12.8 Å². The number of fused-ring (bicyclic) bond motifs is 2. The third-order valence-electron chi connectivity index (χ3n) is 2.94. The van der Waals surface area contributed by atoms with Crippen molar-refractivity contribution in [3.05, 3.63) is 0 Å². The van der Waals surface area contributed by atoms with E-state index in [-0.39, 0.29) is 23.5 Å². The van der Waals surface area contributed by atoms with E-state index in [9.17, 15) is 9.59 Å². The fraction of sp³-hybridized carbons (Fsp3) is 0.778. The molecule has 0 spiro atoms. The Morgan fingerprint density at radius 3 is 2.31 bits per heavy atom. The van der Waals surface area contributed by atoms with Crippen LogP contribution >= 0.6 is 11.8 Å². The van der Waals surface area contributed by atoms with E-state index in [1.807, 2.05) is 0 Å². The van der Waals surface area contributed by atoms with Crippen molar-refractivity contribution >= 4 is 23.5 Å². The molecule has 2 fully saturated rings. The zero-order chi connectivity index (χ0) is 9.42. The highest BCUT2D eigenvalue weighted by Gasteiger charge is 2.43. The molecular formula is C9H12O3S. The largest absolute Gasteiger partial charge is 0.481 e. The number of carbonyl (C=O) groups is 2. The normalized spacial score (nSPS) is 38.8. The van der Waals surface area contributed by atoms with Crippen LogP contribution in [0.4, 0.5) is 0 Å². The van der Waals surface area contributed by atoms with Gasteiger partial charge in [-0.15, -0.1) is 0 Å². The molecule has 2 aliphatic rings. The van der Waals surface area contributed by atoms with E-state index in [1.165, 1.54) is 0 Å². The lowest BCUT2D eigenvalue weighted by Gasteiger charge is -2.38. The van der Waals surface area contributed by atoms with E-state index in [1.54, 1.807) is 11.8 Å². The van der Waals surface area contributed by atoms with Crippen molar-refractivity contribution in [3.8, 4) is 0 Å². The SMILES string of the molecule is O=C1CC2CSCC(C1)C2C(=O)O. The summed E-state index contributed by atoms with van der Waals surface area (Å²) in [5.74, 6) is 1.19. The van der Waals surface area contributed by atoms with E-state index < -0.39 is 5.97 Å². The van der Waals surface area contributed by atoms with Crippen molar-refractivity contribution in [3.63, 3.8) is 0 Å². The Hall–Kier alpha value is -0.510. The van der Waals surface area contributed by atoms with Crippen LogP contribution in [0.1, 0.15) is 12.8 Å². The van der Waals surface area contributed by atoms with Gasteiger partial charge in [0.2, 0.25) is 0 Å². The molecule has 1 heterocycles. The standard InChI is InChI=1S/C9H12O3S/c10-7-1-5-3-13-4-6(2-7)8(5)9(11)12/h5-6,8H,1-4H2,(H,11,12). The summed E-state index contributed by atoms with van der Waals surface area (Å²) in [4.78, 5) is 22.2. The average Bonchev–Trinajstić information content (AvgIpc) is 2.01. The van der Waals surface area contributed by atoms with Crippen LogP contribution in [-0.4, -0.2) is 28.4 Å². The van der Waals surface area contributed by atoms with Gasteiger partial charge in [-0.3, -0.25) is 9.59 Å². The Bertz CT molecular complexity index is 235. The monoisotopic (exact) mass is 200 g/mol. The molecular weight excluding hydrogens is 188 g/mol. The Morgan fingerprint density at radius 2 is 1.85 bits per heavy atom. The molecule has 2 unspecified atom stereocenters. The number of carbonyl (C=O) groups excluding carboxylic acids is 1. The maximum atomic E-state index is 11.2. The van der Waals surface area contributed by atoms with Crippen LogP contribution in [-0.2, 0) is 9.59 Å². The minimum Gasteiger partial charge on any atom is -0.481 e. The van der Waals surface area contributed by atoms with Crippen LogP contribution in [0.2, 0.25) is 0 Å². The van der Waals surface area contributed by atoms with Crippen molar-refractivity contribution in [2.24, 2.45) is 17.8 Å². The molecule has 0 aromatic carbocycles. The van der Waals surface area contributed by atoms with Crippen molar-refractivity contribution in [2.45, 2.75) is 12.8 Å². The second-order valence-electron chi connectivity index (χ2n) is 3.87. The van der Waals surface area contributed by atoms with Crippen LogP contribution in [0.25, 0.3) is 0 Å². The van der Waals surface area contributed by atoms with Crippen molar-refractivity contribution in [1.29, 1.82) is 0 Å². The minimum atomic E-state index is -0.706. The number of carboxylic acids is 1. The number of Topliss-reactive ketones (excluding diaryl/α,β-unsaturated/α-hetero) is 1. The second-order valence-corrected chi connectivity index (χ2v) is 4.94. The van der Waals surface area contributed by atoms with Gasteiger partial charge in [0.15, 0.2) is 0 Å². The number of hydrogen-bond acceptors (Lipinski definition) is 3. The summed E-state index contributed by atoms with van der Waals surface area (Å²) >= 11 is 1.79. The first-order valence-electron chi connectivity index (χ1n) is 4.50. The van der Waals surface area contributed by atoms with Gasteiger partial charge in [0.25, 0.3) is 0 Å². The van der Waals surface area contributed by atoms with Gasteiger partial charge in [-0.05, 0) is 23.3 Å². The molecule has 2 rings (SSSR count). The molecule has 72 valence electrons. The fourth-order valence-corrected chi connectivity index (χ4v) is 3.80. The number of thioether (sulfide) groups is 1. The molecule has 1 saturated carbocycles. The van der Waals surface area contributed by atoms with E-state index in [0.717, 1.165) is 11.5 Å². The molecule has 0 amide bonds. The highest BCUT2D eigenvalue weighted by atomic mass is 32.2. The van der Waals surface area contributed by atoms with Crippen LogP contribution in [0.15, 0.2) is 0 Å². The molecule has 2 atom stereocenters. The average molecular weight is 200 g/mol. The lowest BCUT2D eigenvalue weighted by atomic mass is 9.72. The van der Waals surface area contributed by atoms with E-state index in [4.69, 9.17) is 5.11 Å². The van der Waals surface area contributed by atoms with Gasteiger partial charge in [-0.25, -0.2) is 0 Å². The third kappa shape index (κ3) is 1.59. The number of carboxylic acid groups (broad SMARTS) is 1. The van der Waals surface area contributed by atoms with Crippen LogP contribution in [0.3, 0.4) is 0 Å². The first kappa shape index (κ1) is 9.06. The van der Waals surface area contributed by atoms with Crippen LogP contribution in [0, 0.1) is 17.8 Å². The molecule has 0 radical (unpaired) electrons. The Labute approximate surface area is 80.9 Å². The highest BCUT2D eigenvalue weighted by Crippen LogP contribution is 2.41. The van der Waals surface area contributed by atoms with Gasteiger partial charge in [-0.2, -0.15) is 11.8 Å². The molecule has 4 heteroatoms. The number of hydrogen-bond donors (Lipinski definition) is 1. The lowest BCUT2D eigenvalue weighted by molar-refractivity contribution is -0.148. The predicted molar refractivity (Wildman–Crippen MR) is 49.7 cm³/mol. The molecule has 2 bridgehead atoms. The predicted octanol–water partition coefficient (Wildman–Crippen LogP) is 1.03. The van der Waals surface area contributed by atoms with Gasteiger partial charge in [0.1, 0.15) is 5.78 Å². The first-order chi connectivity index (χ1) is 6.18.